The molecule has 0 aliphatic carbocycles. The normalized spacial score (nSPS) is 23.2. The summed E-state index contributed by atoms with van der Waals surface area (Å²) in [4.78, 5) is 4.64. The van der Waals surface area contributed by atoms with E-state index < -0.39 is 0 Å². The lowest BCUT2D eigenvalue weighted by atomic mass is 10.1. The van der Waals surface area contributed by atoms with E-state index in [0.717, 1.165) is 24.6 Å². The predicted octanol–water partition coefficient (Wildman–Crippen LogP) is 3.55. The molecule has 112 valence electrons. The number of hydrogen-bond acceptors (Lipinski definition) is 4. The quantitative estimate of drug-likeness (QED) is 0.921. The van der Waals surface area contributed by atoms with E-state index in [1.165, 1.54) is 11.1 Å². The van der Waals surface area contributed by atoms with E-state index in [4.69, 9.17) is 4.74 Å². The van der Waals surface area contributed by atoms with Gasteiger partial charge in [0.25, 0.3) is 0 Å². The minimum Gasteiger partial charge on any atom is -0.377 e. The lowest BCUT2D eigenvalue weighted by molar-refractivity contribution is 0.127. The maximum atomic E-state index is 5.62. The Morgan fingerprint density at radius 1 is 1.45 bits per heavy atom. The van der Waals surface area contributed by atoms with Gasteiger partial charge >= 0.3 is 0 Å². The molecule has 20 heavy (non-hydrogen) atoms. The second-order valence-electron chi connectivity index (χ2n) is 6.59. The second kappa shape index (κ2) is 6.46. The molecule has 2 atom stereocenters. The predicted molar refractivity (Wildman–Crippen MR) is 85.2 cm³/mol. The van der Waals surface area contributed by atoms with Crippen LogP contribution in [0, 0.1) is 6.92 Å². The van der Waals surface area contributed by atoms with Crippen molar-refractivity contribution in [2.24, 2.45) is 0 Å². The molecule has 0 bridgehead atoms. The van der Waals surface area contributed by atoms with Gasteiger partial charge in [-0.05, 0) is 52.2 Å². The summed E-state index contributed by atoms with van der Waals surface area (Å²) >= 11 is 1.86. The van der Waals surface area contributed by atoms with Gasteiger partial charge in [-0.25, -0.2) is 4.98 Å². The first kappa shape index (κ1) is 15.8. The average molecular weight is 294 g/mol. The Kier molecular flexibility index (Phi) is 5.10. The number of hydrogen-bond donors (Lipinski definition) is 1. The highest BCUT2D eigenvalue weighted by Gasteiger charge is 2.26. The van der Waals surface area contributed by atoms with Crippen LogP contribution in [0.4, 0.5) is 0 Å². The third-order valence-corrected chi connectivity index (χ3v) is 5.05. The van der Waals surface area contributed by atoms with E-state index >= 15 is 0 Å². The molecule has 4 heteroatoms. The summed E-state index contributed by atoms with van der Waals surface area (Å²) in [5.41, 5.74) is 2.65. The van der Waals surface area contributed by atoms with Crippen molar-refractivity contribution in [2.75, 3.05) is 6.61 Å². The Morgan fingerprint density at radius 3 is 2.75 bits per heavy atom. The van der Waals surface area contributed by atoms with E-state index in [1.807, 2.05) is 18.0 Å². The second-order valence-corrected chi connectivity index (χ2v) is 7.82. The van der Waals surface area contributed by atoms with Crippen molar-refractivity contribution in [3.63, 3.8) is 0 Å². The smallest absolute Gasteiger partial charge is 0.0992 e. The number of nitrogens with one attached hydrogen (secondary N) is 1. The van der Waals surface area contributed by atoms with Crippen molar-refractivity contribution < 1.29 is 4.74 Å². The Balaban J connectivity index is 1.98. The van der Waals surface area contributed by atoms with Gasteiger partial charge in [0.1, 0.15) is 0 Å². The Bertz CT molecular complexity index is 456. The van der Waals surface area contributed by atoms with Crippen molar-refractivity contribution in [2.45, 2.75) is 69.5 Å². The van der Waals surface area contributed by atoms with Gasteiger partial charge in [0, 0.05) is 30.1 Å². The SMILES string of the molecule is Cc1cc(CNC(C)(C)C)cnc1SC1CCOC1C. The summed E-state index contributed by atoms with van der Waals surface area (Å²) in [5.74, 6) is 0. The van der Waals surface area contributed by atoms with Crippen LogP contribution in [-0.4, -0.2) is 28.5 Å². The molecular weight excluding hydrogens is 268 g/mol. The van der Waals surface area contributed by atoms with Gasteiger partial charge in [-0.2, -0.15) is 0 Å². The number of pyridine rings is 1. The molecule has 1 aromatic heterocycles. The molecule has 0 radical (unpaired) electrons. The highest BCUT2D eigenvalue weighted by molar-refractivity contribution is 8.00. The number of aromatic nitrogens is 1. The zero-order valence-electron chi connectivity index (χ0n) is 13.2. The van der Waals surface area contributed by atoms with Crippen LogP contribution in [0.5, 0.6) is 0 Å². The van der Waals surface area contributed by atoms with Crippen LogP contribution in [0.2, 0.25) is 0 Å². The first-order valence-corrected chi connectivity index (χ1v) is 8.22. The zero-order valence-corrected chi connectivity index (χ0v) is 14.0. The molecule has 0 saturated carbocycles. The van der Waals surface area contributed by atoms with E-state index in [0.29, 0.717) is 11.4 Å². The number of nitrogens with zero attached hydrogens (tertiary/aromatic N) is 1. The molecule has 2 rings (SSSR count). The summed E-state index contributed by atoms with van der Waals surface area (Å²) in [6.45, 7) is 12.6. The zero-order chi connectivity index (χ0) is 14.8. The van der Waals surface area contributed by atoms with Gasteiger partial charge < -0.3 is 10.1 Å². The molecule has 1 fully saturated rings. The van der Waals surface area contributed by atoms with Crippen LogP contribution in [0.3, 0.4) is 0 Å². The maximum absolute atomic E-state index is 5.62. The van der Waals surface area contributed by atoms with Gasteiger partial charge in [0.15, 0.2) is 0 Å². The fraction of sp³-hybridized carbons (Fsp3) is 0.688. The molecule has 1 aromatic rings. The topological polar surface area (TPSA) is 34.2 Å². The van der Waals surface area contributed by atoms with E-state index in [1.54, 1.807) is 0 Å². The fourth-order valence-corrected chi connectivity index (χ4v) is 3.35. The minimum atomic E-state index is 0.137. The third-order valence-electron chi connectivity index (χ3n) is 3.48. The van der Waals surface area contributed by atoms with Crippen molar-refractivity contribution in [1.82, 2.24) is 10.3 Å². The summed E-state index contributed by atoms with van der Waals surface area (Å²) in [5, 5.41) is 5.18. The van der Waals surface area contributed by atoms with E-state index in [-0.39, 0.29) is 5.54 Å². The number of ether oxygens (including phenoxy) is 1. The van der Waals surface area contributed by atoms with Gasteiger partial charge in [-0.1, -0.05) is 17.8 Å². The van der Waals surface area contributed by atoms with Crippen LogP contribution < -0.4 is 5.32 Å². The van der Waals surface area contributed by atoms with Gasteiger partial charge in [-0.15, -0.1) is 0 Å². The van der Waals surface area contributed by atoms with Crippen molar-refractivity contribution >= 4 is 11.8 Å². The number of rotatable bonds is 4. The largest absolute Gasteiger partial charge is 0.377 e. The Labute approximate surface area is 126 Å². The molecule has 0 spiro atoms. The highest BCUT2D eigenvalue weighted by Crippen LogP contribution is 2.33. The molecular formula is C16H26N2OS. The van der Waals surface area contributed by atoms with E-state index in [2.05, 4.69) is 51.0 Å². The number of thioether (sulfide) groups is 1. The molecule has 0 amide bonds. The van der Waals surface area contributed by atoms with Crippen molar-refractivity contribution in [1.29, 1.82) is 0 Å². The first-order chi connectivity index (χ1) is 9.35. The third kappa shape index (κ3) is 4.47. The molecule has 3 nitrogen and oxygen atoms in total. The van der Waals surface area contributed by atoms with Crippen molar-refractivity contribution in [3.8, 4) is 0 Å². The fourth-order valence-electron chi connectivity index (χ4n) is 2.22. The Morgan fingerprint density at radius 2 is 2.20 bits per heavy atom. The molecule has 1 N–H and O–H groups in total. The molecule has 1 aliphatic heterocycles. The molecule has 2 heterocycles. The van der Waals surface area contributed by atoms with Gasteiger partial charge in [-0.3, -0.25) is 0 Å². The maximum Gasteiger partial charge on any atom is 0.0992 e. The highest BCUT2D eigenvalue weighted by atomic mass is 32.2. The summed E-state index contributed by atoms with van der Waals surface area (Å²) in [6.07, 6.45) is 3.46. The molecule has 0 aromatic carbocycles. The van der Waals surface area contributed by atoms with Crippen LogP contribution in [-0.2, 0) is 11.3 Å². The first-order valence-electron chi connectivity index (χ1n) is 7.34. The van der Waals surface area contributed by atoms with Crippen LogP contribution in [0.25, 0.3) is 0 Å². The van der Waals surface area contributed by atoms with Crippen LogP contribution >= 0.6 is 11.8 Å². The average Bonchev–Trinajstić information content (AvgIpc) is 2.75. The minimum absolute atomic E-state index is 0.137. The monoisotopic (exact) mass is 294 g/mol. The Hall–Kier alpha value is -0.580. The van der Waals surface area contributed by atoms with Crippen LogP contribution in [0.15, 0.2) is 17.3 Å². The standard InChI is InChI=1S/C16H26N2OS/c1-11-8-13(10-18-16(3,4)5)9-17-15(11)20-14-6-7-19-12(14)2/h8-9,12,14,18H,6-7,10H2,1-5H3. The summed E-state index contributed by atoms with van der Waals surface area (Å²) in [6, 6.07) is 2.24. The summed E-state index contributed by atoms with van der Waals surface area (Å²) in [7, 11) is 0. The van der Waals surface area contributed by atoms with E-state index in [9.17, 15) is 0 Å². The van der Waals surface area contributed by atoms with Gasteiger partial charge in [0.05, 0.1) is 11.1 Å². The van der Waals surface area contributed by atoms with Crippen molar-refractivity contribution in [3.05, 3.63) is 23.4 Å². The molecule has 1 aliphatic rings. The lowest BCUT2D eigenvalue weighted by Crippen LogP contribution is -2.35. The number of aryl methyl sites for hydroxylation is 1. The van der Waals surface area contributed by atoms with Gasteiger partial charge in [0.2, 0.25) is 0 Å². The molecule has 2 unspecified atom stereocenters. The lowest BCUT2D eigenvalue weighted by Gasteiger charge is -2.21. The van der Waals surface area contributed by atoms with Crippen LogP contribution in [0.1, 0.15) is 45.2 Å². The summed E-state index contributed by atoms with van der Waals surface area (Å²) < 4.78 is 5.62. The molecule has 1 saturated heterocycles.